The van der Waals surface area contributed by atoms with Gasteiger partial charge in [0, 0.05) is 12.0 Å². The normalized spacial score (nSPS) is 10.5. The minimum absolute atomic E-state index is 0.379. The third-order valence-corrected chi connectivity index (χ3v) is 4.05. The van der Waals surface area contributed by atoms with Crippen LogP contribution in [0, 0.1) is 0 Å². The molecule has 0 amide bonds. The molecule has 0 radical (unpaired) electrons. The molecule has 0 unspecified atom stereocenters. The van der Waals surface area contributed by atoms with E-state index in [1.807, 2.05) is 36.4 Å². The summed E-state index contributed by atoms with van der Waals surface area (Å²) in [7, 11) is 2.87. The van der Waals surface area contributed by atoms with Gasteiger partial charge < -0.3 is 13.9 Å². The lowest BCUT2D eigenvalue weighted by Gasteiger charge is -2.08. The molecule has 4 nitrogen and oxygen atoms in total. The highest BCUT2D eigenvalue weighted by molar-refractivity contribution is 5.93. The largest absolute Gasteiger partial charge is 0.496 e. The maximum Gasteiger partial charge on any atom is 0.341 e. The zero-order chi connectivity index (χ0) is 17.6. The van der Waals surface area contributed by atoms with Crippen LogP contribution < -0.4 is 4.74 Å². The van der Waals surface area contributed by atoms with E-state index in [0.29, 0.717) is 11.3 Å². The summed E-state index contributed by atoms with van der Waals surface area (Å²) in [6, 6.07) is 19.5. The smallest absolute Gasteiger partial charge is 0.341 e. The predicted molar refractivity (Wildman–Crippen MR) is 95.9 cm³/mol. The Morgan fingerprint density at radius 1 is 0.960 bits per heavy atom. The minimum Gasteiger partial charge on any atom is -0.496 e. The number of carbonyl (C=O) groups excluding carboxylic acids is 1. The summed E-state index contributed by atoms with van der Waals surface area (Å²) in [5.74, 6) is 1.67. The summed E-state index contributed by atoms with van der Waals surface area (Å²) in [6.07, 6.45) is 1.74. The van der Waals surface area contributed by atoms with E-state index in [0.717, 1.165) is 29.9 Å². The summed E-state index contributed by atoms with van der Waals surface area (Å²) in [6.45, 7) is 0. The van der Waals surface area contributed by atoms with Gasteiger partial charge in [-0.25, -0.2) is 4.79 Å². The van der Waals surface area contributed by atoms with Crippen molar-refractivity contribution in [2.24, 2.45) is 0 Å². The zero-order valence-corrected chi connectivity index (χ0v) is 14.3. The monoisotopic (exact) mass is 336 g/mol. The van der Waals surface area contributed by atoms with Crippen molar-refractivity contribution in [3.63, 3.8) is 0 Å². The number of esters is 1. The highest BCUT2D eigenvalue weighted by Crippen LogP contribution is 2.29. The summed E-state index contributed by atoms with van der Waals surface area (Å²) in [5, 5.41) is 0. The minimum atomic E-state index is -0.436. The molecule has 0 fully saturated rings. The Labute approximate surface area is 147 Å². The van der Waals surface area contributed by atoms with E-state index in [1.165, 1.54) is 19.8 Å². The van der Waals surface area contributed by atoms with Crippen LogP contribution in [0.2, 0.25) is 0 Å². The molecule has 0 aliphatic heterocycles. The van der Waals surface area contributed by atoms with Crippen molar-refractivity contribution in [3.8, 4) is 17.1 Å². The average molecular weight is 336 g/mol. The van der Waals surface area contributed by atoms with Gasteiger partial charge in [-0.15, -0.1) is 0 Å². The number of hydrogen-bond acceptors (Lipinski definition) is 4. The fraction of sp³-hybridized carbons (Fsp3) is 0.190. The van der Waals surface area contributed by atoms with Gasteiger partial charge in [0.2, 0.25) is 0 Å². The molecule has 25 heavy (non-hydrogen) atoms. The lowest BCUT2D eigenvalue weighted by atomic mass is 10.1. The van der Waals surface area contributed by atoms with Crippen molar-refractivity contribution in [1.82, 2.24) is 0 Å². The summed E-state index contributed by atoms with van der Waals surface area (Å²) >= 11 is 0. The van der Waals surface area contributed by atoms with Crippen molar-refractivity contribution in [1.29, 1.82) is 0 Å². The first-order valence-electron chi connectivity index (χ1n) is 8.10. The molecule has 0 aliphatic carbocycles. The van der Waals surface area contributed by atoms with Crippen LogP contribution >= 0.6 is 0 Å². The quantitative estimate of drug-likeness (QED) is 0.621. The van der Waals surface area contributed by atoms with Crippen LogP contribution in [0.3, 0.4) is 0 Å². The molecular formula is C21H20O4. The van der Waals surface area contributed by atoms with Crippen LogP contribution in [0.25, 0.3) is 11.3 Å². The molecule has 128 valence electrons. The van der Waals surface area contributed by atoms with Crippen molar-refractivity contribution < 1.29 is 18.7 Å². The molecule has 1 heterocycles. The molecule has 0 saturated carbocycles. The molecule has 0 saturated heterocycles. The summed E-state index contributed by atoms with van der Waals surface area (Å²) in [5.41, 5.74) is 2.47. The number of methoxy groups -OCH3 is 2. The topological polar surface area (TPSA) is 48.7 Å². The highest BCUT2D eigenvalue weighted by Gasteiger charge is 2.15. The molecule has 0 aliphatic rings. The first kappa shape index (κ1) is 16.8. The predicted octanol–water partition coefficient (Wildman–Crippen LogP) is 4.53. The van der Waals surface area contributed by atoms with E-state index >= 15 is 0 Å². The van der Waals surface area contributed by atoms with Gasteiger partial charge in [-0.05, 0) is 42.3 Å². The van der Waals surface area contributed by atoms with E-state index in [4.69, 9.17) is 13.9 Å². The van der Waals surface area contributed by atoms with E-state index < -0.39 is 5.97 Å². The van der Waals surface area contributed by atoms with Crippen LogP contribution in [-0.4, -0.2) is 20.2 Å². The van der Waals surface area contributed by atoms with Crippen molar-refractivity contribution >= 4 is 5.97 Å². The Kier molecular flexibility index (Phi) is 5.19. The molecule has 3 aromatic rings. The Balaban J connectivity index is 1.78. The van der Waals surface area contributed by atoms with E-state index in [-0.39, 0.29) is 0 Å². The Morgan fingerprint density at radius 2 is 1.76 bits per heavy atom. The number of benzene rings is 2. The van der Waals surface area contributed by atoms with Crippen LogP contribution in [0.5, 0.6) is 5.75 Å². The number of rotatable bonds is 6. The third-order valence-electron chi connectivity index (χ3n) is 4.05. The van der Waals surface area contributed by atoms with E-state index in [1.54, 1.807) is 12.1 Å². The second kappa shape index (κ2) is 7.71. The number of carbonyl (C=O) groups is 1. The number of furan rings is 1. The SMILES string of the molecule is COC(=O)c1cc(-c2ccc(CCc3ccccc3)o2)ccc1OC. The fourth-order valence-electron chi connectivity index (χ4n) is 2.71. The first-order valence-corrected chi connectivity index (χ1v) is 8.10. The highest BCUT2D eigenvalue weighted by atomic mass is 16.5. The van der Waals surface area contributed by atoms with Gasteiger partial charge in [0.15, 0.2) is 0 Å². The average Bonchev–Trinajstić information content (AvgIpc) is 3.15. The number of hydrogen-bond donors (Lipinski definition) is 0. The third kappa shape index (κ3) is 3.91. The zero-order valence-electron chi connectivity index (χ0n) is 14.3. The molecule has 4 heteroatoms. The van der Waals surface area contributed by atoms with Gasteiger partial charge in [0.05, 0.1) is 14.2 Å². The lowest BCUT2D eigenvalue weighted by Crippen LogP contribution is -2.04. The number of ether oxygens (including phenoxy) is 2. The summed E-state index contributed by atoms with van der Waals surface area (Å²) in [4.78, 5) is 11.9. The van der Waals surface area contributed by atoms with Crippen LogP contribution in [0.1, 0.15) is 21.7 Å². The Morgan fingerprint density at radius 3 is 2.48 bits per heavy atom. The fourth-order valence-corrected chi connectivity index (χ4v) is 2.71. The van der Waals surface area contributed by atoms with Crippen LogP contribution in [0.4, 0.5) is 0 Å². The maximum atomic E-state index is 11.9. The van der Waals surface area contributed by atoms with Gasteiger partial charge in [-0.1, -0.05) is 30.3 Å². The standard InChI is InChI=1S/C21H20O4/c1-23-20-12-9-16(14-18(20)21(22)24-2)19-13-11-17(25-19)10-8-15-6-4-3-5-7-15/h3-7,9,11-14H,8,10H2,1-2H3. The molecular weight excluding hydrogens is 316 g/mol. The lowest BCUT2D eigenvalue weighted by molar-refractivity contribution is 0.0597. The van der Waals surface area contributed by atoms with Crippen molar-refractivity contribution in [3.05, 3.63) is 77.6 Å². The van der Waals surface area contributed by atoms with Gasteiger partial charge in [-0.3, -0.25) is 0 Å². The van der Waals surface area contributed by atoms with Gasteiger partial charge in [-0.2, -0.15) is 0 Å². The van der Waals surface area contributed by atoms with Gasteiger partial charge >= 0.3 is 5.97 Å². The first-order chi connectivity index (χ1) is 12.2. The molecule has 0 N–H and O–H groups in total. The molecule has 2 aromatic carbocycles. The van der Waals surface area contributed by atoms with Crippen LogP contribution in [0.15, 0.2) is 65.1 Å². The van der Waals surface area contributed by atoms with Crippen LogP contribution in [-0.2, 0) is 17.6 Å². The molecule has 0 spiro atoms. The van der Waals surface area contributed by atoms with E-state index in [9.17, 15) is 4.79 Å². The van der Waals surface area contributed by atoms with Gasteiger partial charge in [0.25, 0.3) is 0 Å². The van der Waals surface area contributed by atoms with E-state index in [2.05, 4.69) is 12.1 Å². The molecule has 1 aromatic heterocycles. The summed E-state index contributed by atoms with van der Waals surface area (Å²) < 4.78 is 16.0. The maximum absolute atomic E-state index is 11.9. The second-order valence-corrected chi connectivity index (χ2v) is 5.66. The Hall–Kier alpha value is -3.01. The molecule has 3 rings (SSSR count). The Bertz CT molecular complexity index is 849. The number of aryl methyl sites for hydroxylation is 2. The second-order valence-electron chi connectivity index (χ2n) is 5.66. The van der Waals surface area contributed by atoms with Crippen molar-refractivity contribution in [2.75, 3.05) is 14.2 Å². The molecule has 0 bridgehead atoms. The molecule has 0 atom stereocenters. The van der Waals surface area contributed by atoms with Crippen molar-refractivity contribution in [2.45, 2.75) is 12.8 Å². The van der Waals surface area contributed by atoms with Gasteiger partial charge in [0.1, 0.15) is 22.8 Å².